The zero-order valence-electron chi connectivity index (χ0n) is 11.1. The third kappa shape index (κ3) is 5.86. The number of piperidine rings is 1. The fourth-order valence-electron chi connectivity index (χ4n) is 2.84. The van der Waals surface area contributed by atoms with E-state index in [9.17, 15) is 0 Å². The Morgan fingerprint density at radius 2 is 2.06 bits per heavy atom. The Balaban J connectivity index is 2.12. The molecule has 16 heavy (non-hydrogen) atoms. The lowest BCUT2D eigenvalue weighted by Crippen LogP contribution is -2.36. The first-order chi connectivity index (χ1) is 7.72. The van der Waals surface area contributed by atoms with Gasteiger partial charge in [0.15, 0.2) is 0 Å². The highest BCUT2D eigenvalue weighted by Crippen LogP contribution is 2.23. The molecule has 1 aliphatic heterocycles. The van der Waals surface area contributed by atoms with E-state index in [0.29, 0.717) is 6.61 Å². The molecule has 1 fully saturated rings. The summed E-state index contributed by atoms with van der Waals surface area (Å²) in [6.45, 7) is 8.88. The molecule has 1 rings (SSSR count). The maximum absolute atomic E-state index is 8.73. The van der Waals surface area contributed by atoms with E-state index in [4.69, 9.17) is 5.11 Å². The molecule has 0 aromatic rings. The van der Waals surface area contributed by atoms with Gasteiger partial charge in [0.05, 0.1) is 0 Å². The first-order valence-corrected chi connectivity index (χ1v) is 7.05. The molecule has 1 N–H and O–H groups in total. The Morgan fingerprint density at radius 3 is 2.75 bits per heavy atom. The zero-order chi connectivity index (χ0) is 11.8. The van der Waals surface area contributed by atoms with Gasteiger partial charge in [-0.1, -0.05) is 13.8 Å². The van der Waals surface area contributed by atoms with Crippen molar-refractivity contribution in [2.45, 2.75) is 52.4 Å². The van der Waals surface area contributed by atoms with Crippen molar-refractivity contribution in [1.29, 1.82) is 0 Å². The number of hydrogen-bond acceptors (Lipinski definition) is 2. The molecule has 2 heteroatoms. The number of rotatable bonds is 7. The highest BCUT2D eigenvalue weighted by Gasteiger charge is 2.19. The SMILES string of the molecule is CC(C)CC1CCCN(CCCCCO)C1. The van der Waals surface area contributed by atoms with Crippen molar-refractivity contribution in [2.24, 2.45) is 11.8 Å². The van der Waals surface area contributed by atoms with Crippen molar-refractivity contribution >= 4 is 0 Å². The molecule has 2 nitrogen and oxygen atoms in total. The van der Waals surface area contributed by atoms with Crippen LogP contribution >= 0.6 is 0 Å². The average molecular weight is 227 g/mol. The monoisotopic (exact) mass is 227 g/mol. The fraction of sp³-hybridized carbons (Fsp3) is 1.00. The van der Waals surface area contributed by atoms with Crippen LogP contribution in [0.4, 0.5) is 0 Å². The Hall–Kier alpha value is -0.0800. The van der Waals surface area contributed by atoms with Crippen LogP contribution in [0.1, 0.15) is 52.4 Å². The van der Waals surface area contributed by atoms with Crippen LogP contribution in [0.3, 0.4) is 0 Å². The second-order valence-corrected chi connectivity index (χ2v) is 5.72. The lowest BCUT2D eigenvalue weighted by Gasteiger charge is -2.33. The Kier molecular flexibility index (Phi) is 7.06. The van der Waals surface area contributed by atoms with Crippen LogP contribution in [0, 0.1) is 11.8 Å². The van der Waals surface area contributed by atoms with Gasteiger partial charge in [0.1, 0.15) is 0 Å². The Bertz CT molecular complexity index is 170. The zero-order valence-corrected chi connectivity index (χ0v) is 11.1. The van der Waals surface area contributed by atoms with Gasteiger partial charge in [0.2, 0.25) is 0 Å². The van der Waals surface area contributed by atoms with Crippen molar-refractivity contribution in [3.8, 4) is 0 Å². The Labute approximate surface area is 101 Å². The number of unbranched alkanes of at least 4 members (excludes halogenated alkanes) is 2. The van der Waals surface area contributed by atoms with E-state index < -0.39 is 0 Å². The van der Waals surface area contributed by atoms with Crippen molar-refractivity contribution in [2.75, 3.05) is 26.2 Å². The average Bonchev–Trinajstić information content (AvgIpc) is 2.24. The maximum Gasteiger partial charge on any atom is 0.0431 e. The second kappa shape index (κ2) is 8.08. The molecular formula is C14H29NO. The number of likely N-dealkylation sites (tertiary alicyclic amines) is 1. The van der Waals surface area contributed by atoms with Crippen molar-refractivity contribution in [3.63, 3.8) is 0 Å². The van der Waals surface area contributed by atoms with E-state index in [2.05, 4.69) is 18.7 Å². The summed E-state index contributed by atoms with van der Waals surface area (Å²) in [5.41, 5.74) is 0. The first kappa shape index (κ1) is 14.0. The number of aliphatic hydroxyl groups excluding tert-OH is 1. The van der Waals surface area contributed by atoms with E-state index in [0.717, 1.165) is 18.3 Å². The van der Waals surface area contributed by atoms with E-state index in [1.807, 2.05) is 0 Å². The van der Waals surface area contributed by atoms with Crippen molar-refractivity contribution in [3.05, 3.63) is 0 Å². The van der Waals surface area contributed by atoms with Crippen LogP contribution < -0.4 is 0 Å². The van der Waals surface area contributed by atoms with Gasteiger partial charge < -0.3 is 10.0 Å². The predicted molar refractivity (Wildman–Crippen MR) is 69.6 cm³/mol. The topological polar surface area (TPSA) is 23.5 Å². The lowest BCUT2D eigenvalue weighted by atomic mass is 9.89. The standard InChI is InChI=1S/C14H29NO/c1-13(2)11-14-7-6-9-15(12-14)8-4-3-5-10-16/h13-14,16H,3-12H2,1-2H3. The maximum atomic E-state index is 8.73. The van der Waals surface area contributed by atoms with Gasteiger partial charge in [-0.3, -0.25) is 0 Å². The molecule has 1 unspecified atom stereocenters. The predicted octanol–water partition coefficient (Wildman–Crippen LogP) is 2.91. The van der Waals surface area contributed by atoms with Gasteiger partial charge in [0.25, 0.3) is 0 Å². The van der Waals surface area contributed by atoms with E-state index >= 15 is 0 Å². The van der Waals surface area contributed by atoms with Gasteiger partial charge in [-0.15, -0.1) is 0 Å². The molecule has 1 atom stereocenters. The number of nitrogens with zero attached hydrogens (tertiary/aromatic N) is 1. The van der Waals surface area contributed by atoms with Crippen LogP contribution in [0.2, 0.25) is 0 Å². The summed E-state index contributed by atoms with van der Waals surface area (Å²) < 4.78 is 0. The van der Waals surface area contributed by atoms with Crippen LogP contribution in [0.15, 0.2) is 0 Å². The molecule has 0 bridgehead atoms. The molecule has 0 aromatic heterocycles. The van der Waals surface area contributed by atoms with Gasteiger partial charge in [-0.2, -0.15) is 0 Å². The molecule has 1 heterocycles. The van der Waals surface area contributed by atoms with Crippen LogP contribution in [0.5, 0.6) is 0 Å². The molecule has 0 saturated carbocycles. The van der Waals surface area contributed by atoms with E-state index in [-0.39, 0.29) is 0 Å². The smallest absolute Gasteiger partial charge is 0.0431 e. The third-order valence-corrected chi connectivity index (χ3v) is 3.54. The fourth-order valence-corrected chi connectivity index (χ4v) is 2.84. The summed E-state index contributed by atoms with van der Waals surface area (Å²) in [6, 6.07) is 0. The summed E-state index contributed by atoms with van der Waals surface area (Å²) in [5, 5.41) is 8.73. The van der Waals surface area contributed by atoms with Gasteiger partial charge in [-0.25, -0.2) is 0 Å². The van der Waals surface area contributed by atoms with Gasteiger partial charge >= 0.3 is 0 Å². The minimum absolute atomic E-state index is 0.357. The first-order valence-electron chi connectivity index (χ1n) is 7.05. The van der Waals surface area contributed by atoms with E-state index in [1.54, 1.807) is 0 Å². The minimum Gasteiger partial charge on any atom is -0.396 e. The summed E-state index contributed by atoms with van der Waals surface area (Å²) >= 11 is 0. The quantitative estimate of drug-likeness (QED) is 0.676. The molecule has 0 radical (unpaired) electrons. The lowest BCUT2D eigenvalue weighted by molar-refractivity contribution is 0.156. The van der Waals surface area contributed by atoms with E-state index in [1.165, 1.54) is 51.7 Å². The largest absolute Gasteiger partial charge is 0.396 e. The number of hydrogen-bond donors (Lipinski definition) is 1. The normalized spacial score (nSPS) is 22.9. The molecule has 0 aliphatic carbocycles. The highest BCUT2D eigenvalue weighted by molar-refractivity contribution is 4.73. The summed E-state index contributed by atoms with van der Waals surface area (Å²) in [5.74, 6) is 1.78. The molecular weight excluding hydrogens is 198 g/mol. The van der Waals surface area contributed by atoms with Gasteiger partial charge in [0, 0.05) is 13.2 Å². The summed E-state index contributed by atoms with van der Waals surface area (Å²) in [4.78, 5) is 2.63. The Morgan fingerprint density at radius 1 is 1.25 bits per heavy atom. The van der Waals surface area contributed by atoms with Crippen molar-refractivity contribution in [1.82, 2.24) is 4.90 Å². The molecule has 0 spiro atoms. The summed E-state index contributed by atoms with van der Waals surface area (Å²) in [6.07, 6.45) is 7.63. The van der Waals surface area contributed by atoms with Crippen molar-refractivity contribution < 1.29 is 5.11 Å². The molecule has 1 saturated heterocycles. The number of aliphatic hydroxyl groups is 1. The second-order valence-electron chi connectivity index (χ2n) is 5.72. The van der Waals surface area contributed by atoms with Crippen LogP contribution in [-0.4, -0.2) is 36.2 Å². The summed E-state index contributed by atoms with van der Waals surface area (Å²) in [7, 11) is 0. The van der Waals surface area contributed by atoms with Gasteiger partial charge in [-0.05, 0) is 63.5 Å². The molecule has 0 aromatic carbocycles. The van der Waals surface area contributed by atoms with Crippen LogP contribution in [0.25, 0.3) is 0 Å². The molecule has 1 aliphatic rings. The molecule has 0 amide bonds. The highest BCUT2D eigenvalue weighted by atomic mass is 16.2. The van der Waals surface area contributed by atoms with Crippen LogP contribution in [-0.2, 0) is 0 Å². The molecule has 96 valence electrons. The third-order valence-electron chi connectivity index (χ3n) is 3.54. The minimum atomic E-state index is 0.357.